The lowest BCUT2D eigenvalue weighted by Gasteiger charge is -2.35. The van der Waals surface area contributed by atoms with E-state index in [1.165, 1.54) is 5.56 Å². The fourth-order valence-corrected chi connectivity index (χ4v) is 5.45. The summed E-state index contributed by atoms with van der Waals surface area (Å²) in [5, 5.41) is 9.47. The molecule has 0 radical (unpaired) electrons. The number of rotatable bonds is 5. The van der Waals surface area contributed by atoms with Crippen molar-refractivity contribution in [3.05, 3.63) is 94.2 Å². The lowest BCUT2D eigenvalue weighted by Crippen LogP contribution is -2.49. The average Bonchev–Trinajstić information content (AvgIpc) is 3.37. The highest BCUT2D eigenvalue weighted by Gasteiger charge is 2.27. The number of pyridine rings is 1. The van der Waals surface area contributed by atoms with Gasteiger partial charge in [0.15, 0.2) is 0 Å². The summed E-state index contributed by atoms with van der Waals surface area (Å²) in [4.78, 5) is 24.8. The summed E-state index contributed by atoms with van der Waals surface area (Å²) in [6.45, 7) is 9.76. The number of piperazine rings is 1. The molecule has 0 aliphatic carbocycles. The maximum absolute atomic E-state index is 13.5. The van der Waals surface area contributed by atoms with E-state index in [1.54, 1.807) is 0 Å². The van der Waals surface area contributed by atoms with Crippen LogP contribution < -0.4 is 4.90 Å². The summed E-state index contributed by atoms with van der Waals surface area (Å²) in [6.07, 6.45) is 1.05. The first-order chi connectivity index (χ1) is 17.5. The van der Waals surface area contributed by atoms with E-state index in [1.807, 2.05) is 55.1 Å². The Morgan fingerprint density at radius 2 is 1.81 bits per heavy atom. The van der Waals surface area contributed by atoms with Crippen molar-refractivity contribution in [2.75, 3.05) is 44.2 Å². The molecular formula is C30H33N5O. The van der Waals surface area contributed by atoms with Gasteiger partial charge in [-0.1, -0.05) is 36.4 Å². The Morgan fingerprint density at radius 3 is 2.58 bits per heavy atom. The van der Waals surface area contributed by atoms with E-state index < -0.39 is 0 Å². The number of hydrogen-bond acceptors (Lipinski definition) is 5. The first kappa shape index (κ1) is 24.0. The van der Waals surface area contributed by atoms with Gasteiger partial charge >= 0.3 is 0 Å². The molecule has 1 aromatic heterocycles. The third-order valence-electron chi connectivity index (χ3n) is 7.50. The van der Waals surface area contributed by atoms with Crippen LogP contribution in [0.4, 0.5) is 5.82 Å². The number of carbonyl (C=O) groups excluding carboxylic acids is 1. The molecule has 0 bridgehead atoms. The van der Waals surface area contributed by atoms with Gasteiger partial charge in [-0.05, 0) is 73.7 Å². The fourth-order valence-electron chi connectivity index (χ4n) is 5.45. The van der Waals surface area contributed by atoms with Crippen molar-refractivity contribution >= 4 is 11.7 Å². The second-order valence-electron chi connectivity index (χ2n) is 9.99. The van der Waals surface area contributed by atoms with Crippen LogP contribution in [0.2, 0.25) is 0 Å². The predicted molar refractivity (Wildman–Crippen MR) is 142 cm³/mol. The number of nitrogens with zero attached hydrogens (tertiary/aromatic N) is 5. The Morgan fingerprint density at radius 1 is 1.00 bits per heavy atom. The van der Waals surface area contributed by atoms with E-state index in [0.717, 1.165) is 72.9 Å². The molecule has 184 valence electrons. The molecule has 0 saturated carbocycles. The monoisotopic (exact) mass is 479 g/mol. The maximum atomic E-state index is 13.5. The van der Waals surface area contributed by atoms with Crippen LogP contribution in [-0.2, 0) is 6.54 Å². The highest BCUT2D eigenvalue weighted by Crippen LogP contribution is 2.30. The summed E-state index contributed by atoms with van der Waals surface area (Å²) >= 11 is 0. The Balaban J connectivity index is 1.22. The zero-order valence-electron chi connectivity index (χ0n) is 21.2. The van der Waals surface area contributed by atoms with Crippen LogP contribution in [0.1, 0.15) is 50.6 Å². The van der Waals surface area contributed by atoms with Gasteiger partial charge < -0.3 is 9.80 Å². The first-order valence-corrected chi connectivity index (χ1v) is 12.8. The van der Waals surface area contributed by atoms with Crippen LogP contribution in [0.25, 0.3) is 0 Å². The molecule has 1 atom stereocenters. The summed E-state index contributed by atoms with van der Waals surface area (Å²) < 4.78 is 0. The number of anilines is 1. The number of hydrogen-bond donors (Lipinski definition) is 0. The fraction of sp³-hybridized carbons (Fsp3) is 0.367. The van der Waals surface area contributed by atoms with Gasteiger partial charge in [-0.15, -0.1) is 0 Å². The standard InChI is InChI=1S/C30H33N5O/c1-22-10-11-24(20-33-13-12-26(21-33)27-8-4-3-7-25(27)19-31)18-28(22)30(36)35-16-14-34(15-17-35)29-9-5-6-23(2)32-29/h3-11,18,26H,12-17,20-21H2,1-2H3. The zero-order chi connectivity index (χ0) is 25.1. The number of aromatic nitrogens is 1. The van der Waals surface area contributed by atoms with Crippen molar-refractivity contribution in [2.24, 2.45) is 0 Å². The van der Waals surface area contributed by atoms with Crippen LogP contribution in [0.3, 0.4) is 0 Å². The van der Waals surface area contributed by atoms with Crippen LogP contribution in [0.15, 0.2) is 60.7 Å². The lowest BCUT2D eigenvalue weighted by atomic mass is 9.94. The van der Waals surface area contributed by atoms with Crippen LogP contribution in [0, 0.1) is 25.2 Å². The molecule has 2 fully saturated rings. The minimum absolute atomic E-state index is 0.119. The largest absolute Gasteiger partial charge is 0.353 e. The van der Waals surface area contributed by atoms with Gasteiger partial charge in [-0.2, -0.15) is 5.26 Å². The Labute approximate surface area is 213 Å². The Kier molecular flexibility index (Phi) is 7.02. The van der Waals surface area contributed by atoms with Gasteiger partial charge in [0.25, 0.3) is 5.91 Å². The second-order valence-corrected chi connectivity index (χ2v) is 9.99. The second kappa shape index (κ2) is 10.5. The van der Waals surface area contributed by atoms with Crippen molar-refractivity contribution in [2.45, 2.75) is 32.7 Å². The topological polar surface area (TPSA) is 63.5 Å². The van der Waals surface area contributed by atoms with Crippen LogP contribution in [0.5, 0.6) is 0 Å². The smallest absolute Gasteiger partial charge is 0.254 e. The number of nitriles is 1. The highest BCUT2D eigenvalue weighted by atomic mass is 16.2. The molecule has 1 amide bonds. The summed E-state index contributed by atoms with van der Waals surface area (Å²) in [5.41, 5.74) is 5.94. The molecule has 6 heteroatoms. The number of benzene rings is 2. The quantitative estimate of drug-likeness (QED) is 0.538. The van der Waals surface area contributed by atoms with E-state index >= 15 is 0 Å². The minimum Gasteiger partial charge on any atom is -0.353 e. The molecule has 36 heavy (non-hydrogen) atoms. The molecule has 2 aliphatic heterocycles. The number of aryl methyl sites for hydroxylation is 2. The molecule has 5 rings (SSSR count). The maximum Gasteiger partial charge on any atom is 0.254 e. The minimum atomic E-state index is 0.119. The molecule has 6 nitrogen and oxygen atoms in total. The van der Waals surface area contributed by atoms with Crippen molar-refractivity contribution in [1.29, 1.82) is 5.26 Å². The van der Waals surface area contributed by atoms with Gasteiger partial charge in [0, 0.05) is 50.5 Å². The van der Waals surface area contributed by atoms with E-state index in [9.17, 15) is 10.1 Å². The summed E-state index contributed by atoms with van der Waals surface area (Å²) in [7, 11) is 0. The predicted octanol–water partition coefficient (Wildman–Crippen LogP) is 4.52. The summed E-state index contributed by atoms with van der Waals surface area (Å²) in [6, 6.07) is 22.7. The van der Waals surface area contributed by atoms with Gasteiger partial charge in [-0.3, -0.25) is 9.69 Å². The van der Waals surface area contributed by atoms with Crippen LogP contribution >= 0.6 is 0 Å². The number of carbonyl (C=O) groups is 1. The Bertz CT molecular complexity index is 1290. The van der Waals surface area contributed by atoms with E-state index in [-0.39, 0.29) is 5.91 Å². The molecule has 2 aromatic carbocycles. The van der Waals surface area contributed by atoms with E-state index in [0.29, 0.717) is 19.0 Å². The lowest BCUT2D eigenvalue weighted by molar-refractivity contribution is 0.0745. The molecule has 3 aromatic rings. The van der Waals surface area contributed by atoms with Gasteiger partial charge in [0.2, 0.25) is 0 Å². The van der Waals surface area contributed by atoms with Gasteiger partial charge in [0.1, 0.15) is 5.82 Å². The van der Waals surface area contributed by atoms with Crippen molar-refractivity contribution in [3.63, 3.8) is 0 Å². The Hall–Kier alpha value is -3.69. The first-order valence-electron chi connectivity index (χ1n) is 12.8. The van der Waals surface area contributed by atoms with E-state index in [4.69, 9.17) is 0 Å². The van der Waals surface area contributed by atoms with Crippen molar-refractivity contribution in [1.82, 2.24) is 14.8 Å². The molecule has 3 heterocycles. The van der Waals surface area contributed by atoms with Crippen molar-refractivity contribution < 1.29 is 4.79 Å². The molecular weight excluding hydrogens is 446 g/mol. The third kappa shape index (κ3) is 5.12. The normalized spacial score (nSPS) is 18.3. The SMILES string of the molecule is Cc1cccc(N2CCN(C(=O)c3cc(CN4CCC(c5ccccc5C#N)C4)ccc3C)CC2)n1. The highest BCUT2D eigenvalue weighted by molar-refractivity contribution is 5.96. The molecule has 2 saturated heterocycles. The van der Waals surface area contributed by atoms with Gasteiger partial charge in [0.05, 0.1) is 11.6 Å². The number of likely N-dealkylation sites (tertiary alicyclic amines) is 1. The molecule has 2 aliphatic rings. The third-order valence-corrected chi connectivity index (χ3v) is 7.50. The summed E-state index contributed by atoms with van der Waals surface area (Å²) in [5.74, 6) is 1.49. The average molecular weight is 480 g/mol. The van der Waals surface area contributed by atoms with E-state index in [2.05, 4.69) is 45.1 Å². The van der Waals surface area contributed by atoms with Crippen molar-refractivity contribution in [3.8, 4) is 6.07 Å². The van der Waals surface area contributed by atoms with Gasteiger partial charge in [-0.25, -0.2) is 4.98 Å². The zero-order valence-corrected chi connectivity index (χ0v) is 21.2. The molecule has 1 unspecified atom stereocenters. The molecule has 0 N–H and O–H groups in total. The number of amides is 1. The van der Waals surface area contributed by atoms with Crippen LogP contribution in [-0.4, -0.2) is 60.0 Å². The molecule has 0 spiro atoms.